The van der Waals surface area contributed by atoms with E-state index in [1.54, 1.807) is 11.3 Å². The van der Waals surface area contributed by atoms with Crippen molar-refractivity contribution in [3.63, 3.8) is 0 Å². The van der Waals surface area contributed by atoms with Crippen LogP contribution in [-0.2, 0) is 12.8 Å². The standard InChI is InChI=1S/C15H18N2OS2/c1-8-4-5-12-11(6-8)7-13(20-12)14(18)17-15-16-9(2)10(3)19-15/h7-8H,4-6H2,1-3H3,(H,16,17,18). The molecule has 3 nitrogen and oxygen atoms in total. The highest BCUT2D eigenvalue weighted by molar-refractivity contribution is 7.16. The van der Waals surface area contributed by atoms with Crippen LogP contribution in [0, 0.1) is 19.8 Å². The van der Waals surface area contributed by atoms with E-state index >= 15 is 0 Å². The van der Waals surface area contributed by atoms with Crippen LogP contribution in [0.15, 0.2) is 6.07 Å². The average Bonchev–Trinajstić information content (AvgIpc) is 2.93. The Morgan fingerprint density at radius 2 is 2.20 bits per heavy atom. The van der Waals surface area contributed by atoms with Crippen LogP contribution in [0.1, 0.15) is 44.0 Å². The number of thiophene rings is 1. The summed E-state index contributed by atoms with van der Waals surface area (Å²) in [6.07, 6.45) is 3.46. The molecule has 0 radical (unpaired) electrons. The Kier molecular flexibility index (Phi) is 3.65. The number of hydrogen-bond donors (Lipinski definition) is 1. The van der Waals surface area contributed by atoms with Gasteiger partial charge in [0.15, 0.2) is 5.13 Å². The number of fused-ring (bicyclic) bond motifs is 1. The van der Waals surface area contributed by atoms with Gasteiger partial charge in [0.1, 0.15) is 0 Å². The predicted octanol–water partition coefficient (Wildman–Crippen LogP) is 4.20. The highest BCUT2D eigenvalue weighted by Gasteiger charge is 2.21. The van der Waals surface area contributed by atoms with Gasteiger partial charge in [-0.1, -0.05) is 6.92 Å². The highest BCUT2D eigenvalue weighted by Crippen LogP contribution is 2.32. The number of anilines is 1. The Morgan fingerprint density at radius 1 is 1.40 bits per heavy atom. The van der Waals surface area contributed by atoms with Crippen LogP contribution in [0.2, 0.25) is 0 Å². The summed E-state index contributed by atoms with van der Waals surface area (Å²) in [6.45, 7) is 6.27. The lowest BCUT2D eigenvalue weighted by Gasteiger charge is -2.16. The maximum atomic E-state index is 12.3. The number of aromatic nitrogens is 1. The van der Waals surface area contributed by atoms with Crippen LogP contribution in [0.4, 0.5) is 5.13 Å². The summed E-state index contributed by atoms with van der Waals surface area (Å²) >= 11 is 3.17. The van der Waals surface area contributed by atoms with Crippen molar-refractivity contribution in [2.75, 3.05) is 5.32 Å². The van der Waals surface area contributed by atoms with E-state index in [4.69, 9.17) is 0 Å². The van der Waals surface area contributed by atoms with E-state index in [0.717, 1.165) is 34.2 Å². The molecule has 1 N–H and O–H groups in total. The average molecular weight is 306 g/mol. The summed E-state index contributed by atoms with van der Waals surface area (Å²) in [7, 11) is 0. The summed E-state index contributed by atoms with van der Waals surface area (Å²) in [5.74, 6) is 0.711. The predicted molar refractivity (Wildman–Crippen MR) is 85.0 cm³/mol. The lowest BCUT2D eigenvalue weighted by molar-refractivity contribution is 0.103. The van der Waals surface area contributed by atoms with Crippen molar-refractivity contribution in [1.82, 2.24) is 4.98 Å². The molecule has 20 heavy (non-hydrogen) atoms. The maximum Gasteiger partial charge on any atom is 0.267 e. The van der Waals surface area contributed by atoms with Crippen LogP contribution in [0.3, 0.4) is 0 Å². The molecule has 1 amide bonds. The topological polar surface area (TPSA) is 42.0 Å². The van der Waals surface area contributed by atoms with E-state index in [1.807, 2.05) is 13.8 Å². The fraction of sp³-hybridized carbons (Fsp3) is 0.467. The molecule has 1 aliphatic carbocycles. The number of amides is 1. The second-order valence-electron chi connectivity index (χ2n) is 5.52. The summed E-state index contributed by atoms with van der Waals surface area (Å²) in [5, 5.41) is 3.62. The number of aryl methyl sites for hydroxylation is 3. The fourth-order valence-corrected chi connectivity index (χ4v) is 4.42. The monoisotopic (exact) mass is 306 g/mol. The Labute approximate surface area is 127 Å². The van der Waals surface area contributed by atoms with E-state index < -0.39 is 0 Å². The summed E-state index contributed by atoms with van der Waals surface area (Å²) in [5.41, 5.74) is 2.36. The molecule has 2 aromatic rings. The third kappa shape index (κ3) is 2.65. The first-order chi connectivity index (χ1) is 9.52. The molecule has 0 bridgehead atoms. The Hall–Kier alpha value is -1.20. The van der Waals surface area contributed by atoms with Crippen molar-refractivity contribution in [1.29, 1.82) is 0 Å². The molecule has 106 valence electrons. The summed E-state index contributed by atoms with van der Waals surface area (Å²) in [6, 6.07) is 2.07. The van der Waals surface area contributed by atoms with Gasteiger partial charge in [-0.05, 0) is 50.7 Å². The molecule has 2 aromatic heterocycles. The molecular formula is C15H18N2OS2. The van der Waals surface area contributed by atoms with Crippen molar-refractivity contribution < 1.29 is 4.79 Å². The number of carbonyl (C=O) groups is 1. The van der Waals surface area contributed by atoms with Gasteiger partial charge in [-0.15, -0.1) is 22.7 Å². The number of nitrogens with one attached hydrogen (secondary N) is 1. The second-order valence-corrected chi connectivity index (χ2v) is 7.86. The zero-order valence-electron chi connectivity index (χ0n) is 11.9. The van der Waals surface area contributed by atoms with Crippen LogP contribution < -0.4 is 5.32 Å². The zero-order chi connectivity index (χ0) is 14.3. The van der Waals surface area contributed by atoms with Crippen molar-refractivity contribution in [3.05, 3.63) is 32.0 Å². The van der Waals surface area contributed by atoms with Gasteiger partial charge in [0.05, 0.1) is 10.6 Å². The Morgan fingerprint density at radius 3 is 2.90 bits per heavy atom. The van der Waals surface area contributed by atoms with Gasteiger partial charge in [0.25, 0.3) is 5.91 Å². The molecule has 1 aliphatic rings. The van der Waals surface area contributed by atoms with Crippen LogP contribution in [0.25, 0.3) is 0 Å². The first-order valence-electron chi connectivity index (χ1n) is 6.90. The third-order valence-corrected chi connectivity index (χ3v) is 6.03. The molecule has 5 heteroatoms. The molecule has 2 heterocycles. The van der Waals surface area contributed by atoms with Gasteiger partial charge < -0.3 is 0 Å². The summed E-state index contributed by atoms with van der Waals surface area (Å²) in [4.78, 5) is 20.0. The zero-order valence-corrected chi connectivity index (χ0v) is 13.6. The summed E-state index contributed by atoms with van der Waals surface area (Å²) < 4.78 is 0. The second kappa shape index (κ2) is 5.30. The smallest absolute Gasteiger partial charge is 0.267 e. The Balaban J connectivity index is 1.77. The van der Waals surface area contributed by atoms with Gasteiger partial charge in [0.2, 0.25) is 0 Å². The van der Waals surface area contributed by atoms with E-state index in [2.05, 4.69) is 23.3 Å². The van der Waals surface area contributed by atoms with Gasteiger partial charge in [0, 0.05) is 9.75 Å². The van der Waals surface area contributed by atoms with Crippen molar-refractivity contribution >= 4 is 33.7 Å². The molecule has 0 fully saturated rings. The van der Waals surface area contributed by atoms with Crippen LogP contribution >= 0.6 is 22.7 Å². The maximum absolute atomic E-state index is 12.3. The molecule has 3 rings (SSSR count). The molecule has 0 saturated carbocycles. The van der Waals surface area contributed by atoms with Crippen molar-refractivity contribution in [3.8, 4) is 0 Å². The van der Waals surface area contributed by atoms with E-state index in [1.165, 1.54) is 28.2 Å². The normalized spacial score (nSPS) is 17.9. The molecule has 0 spiro atoms. The van der Waals surface area contributed by atoms with Crippen LogP contribution in [0.5, 0.6) is 0 Å². The van der Waals surface area contributed by atoms with Gasteiger partial charge in [-0.3, -0.25) is 10.1 Å². The minimum absolute atomic E-state index is 0.0224. The lowest BCUT2D eigenvalue weighted by Crippen LogP contribution is -2.10. The van der Waals surface area contributed by atoms with E-state index in [9.17, 15) is 4.79 Å². The number of thiazole rings is 1. The molecular weight excluding hydrogens is 288 g/mol. The molecule has 1 unspecified atom stereocenters. The minimum atomic E-state index is -0.0224. The SMILES string of the molecule is Cc1nc(NC(=O)c2cc3c(s2)CCC(C)C3)sc1C. The number of carbonyl (C=O) groups excluding carboxylic acids is 1. The first kappa shape index (κ1) is 13.8. The minimum Gasteiger partial charge on any atom is -0.297 e. The number of nitrogens with zero attached hydrogens (tertiary/aromatic N) is 1. The number of rotatable bonds is 2. The van der Waals surface area contributed by atoms with Crippen LogP contribution in [-0.4, -0.2) is 10.9 Å². The van der Waals surface area contributed by atoms with Crippen molar-refractivity contribution in [2.45, 2.75) is 40.0 Å². The molecule has 0 aliphatic heterocycles. The lowest BCUT2D eigenvalue weighted by atomic mass is 9.90. The van der Waals surface area contributed by atoms with Gasteiger partial charge in [-0.25, -0.2) is 4.98 Å². The van der Waals surface area contributed by atoms with Crippen molar-refractivity contribution in [2.24, 2.45) is 5.92 Å². The molecule has 0 saturated heterocycles. The van der Waals surface area contributed by atoms with Gasteiger partial charge in [-0.2, -0.15) is 0 Å². The quantitative estimate of drug-likeness (QED) is 0.903. The Bertz CT molecular complexity index is 637. The van der Waals surface area contributed by atoms with Gasteiger partial charge >= 0.3 is 0 Å². The number of hydrogen-bond acceptors (Lipinski definition) is 4. The first-order valence-corrected chi connectivity index (χ1v) is 8.53. The van der Waals surface area contributed by atoms with E-state index in [-0.39, 0.29) is 5.91 Å². The molecule has 0 aromatic carbocycles. The largest absolute Gasteiger partial charge is 0.297 e. The molecule has 1 atom stereocenters. The third-order valence-electron chi connectivity index (χ3n) is 3.80. The fourth-order valence-electron chi connectivity index (χ4n) is 2.50. The van der Waals surface area contributed by atoms with E-state index in [0.29, 0.717) is 5.13 Å². The highest BCUT2D eigenvalue weighted by atomic mass is 32.1.